The molecular formula is C23H32O4. The summed E-state index contributed by atoms with van der Waals surface area (Å²) >= 11 is 0. The smallest absolute Gasteiger partial charge is 0.338 e. The van der Waals surface area contributed by atoms with Crippen LogP contribution in [0.5, 0.6) is 0 Å². The number of carbonyl (C=O) groups excluding carboxylic acids is 2. The molecule has 0 aromatic heterocycles. The summed E-state index contributed by atoms with van der Waals surface area (Å²) in [7, 11) is 0. The Balaban J connectivity index is 1.65. The zero-order chi connectivity index (χ0) is 19.6. The van der Waals surface area contributed by atoms with Gasteiger partial charge in [-0.05, 0) is 82.3 Å². The van der Waals surface area contributed by atoms with Crippen molar-refractivity contribution in [2.24, 2.45) is 28.6 Å². The molecule has 0 heterocycles. The molecule has 0 bridgehead atoms. The van der Waals surface area contributed by atoms with Gasteiger partial charge in [0.1, 0.15) is 0 Å². The van der Waals surface area contributed by atoms with Crippen molar-refractivity contribution in [2.75, 3.05) is 0 Å². The zero-order valence-electron chi connectivity index (χ0n) is 17.0. The number of esters is 1. The van der Waals surface area contributed by atoms with Gasteiger partial charge in [-0.15, -0.1) is 0 Å². The average Bonchev–Trinajstić information content (AvgIpc) is 2.88. The number of hydrogen-bond donors (Lipinski definition) is 1. The molecule has 0 radical (unpaired) electrons. The van der Waals surface area contributed by atoms with E-state index in [1.165, 1.54) is 5.57 Å². The molecule has 148 valence electrons. The fraction of sp³-hybridized carbons (Fsp3) is 0.739. The van der Waals surface area contributed by atoms with E-state index in [4.69, 9.17) is 4.74 Å². The molecule has 0 saturated heterocycles. The van der Waals surface area contributed by atoms with Crippen LogP contribution in [-0.2, 0) is 14.3 Å². The van der Waals surface area contributed by atoms with Gasteiger partial charge in [0.15, 0.2) is 11.4 Å². The number of aliphatic hydroxyl groups is 1. The van der Waals surface area contributed by atoms with Crippen molar-refractivity contribution in [1.82, 2.24) is 0 Å². The molecule has 6 atom stereocenters. The van der Waals surface area contributed by atoms with Gasteiger partial charge in [-0.1, -0.05) is 25.5 Å². The lowest BCUT2D eigenvalue weighted by molar-refractivity contribution is -0.190. The van der Waals surface area contributed by atoms with Crippen molar-refractivity contribution in [3.63, 3.8) is 0 Å². The molecule has 4 heteroatoms. The summed E-state index contributed by atoms with van der Waals surface area (Å²) in [5.74, 6) is 0.943. The summed E-state index contributed by atoms with van der Waals surface area (Å²) in [6.07, 6.45) is 10.6. The molecule has 0 amide bonds. The summed E-state index contributed by atoms with van der Waals surface area (Å²) in [6, 6.07) is 0. The monoisotopic (exact) mass is 372 g/mol. The van der Waals surface area contributed by atoms with Gasteiger partial charge in [0.25, 0.3) is 0 Å². The van der Waals surface area contributed by atoms with Crippen LogP contribution in [0.3, 0.4) is 0 Å². The third-order valence-corrected chi connectivity index (χ3v) is 8.39. The third-order valence-electron chi connectivity index (χ3n) is 8.39. The summed E-state index contributed by atoms with van der Waals surface area (Å²) in [6.45, 7) is 8.05. The molecule has 27 heavy (non-hydrogen) atoms. The second-order valence-corrected chi connectivity index (χ2v) is 9.91. The molecule has 4 rings (SSSR count). The Kier molecular flexibility index (Phi) is 4.23. The topological polar surface area (TPSA) is 63.6 Å². The Labute approximate surface area is 162 Å². The van der Waals surface area contributed by atoms with Gasteiger partial charge < -0.3 is 9.84 Å². The van der Waals surface area contributed by atoms with Crippen LogP contribution in [0.15, 0.2) is 23.8 Å². The van der Waals surface area contributed by atoms with Crippen LogP contribution in [0, 0.1) is 28.6 Å². The quantitative estimate of drug-likeness (QED) is 0.745. The fourth-order valence-corrected chi connectivity index (χ4v) is 6.86. The van der Waals surface area contributed by atoms with Gasteiger partial charge in [0.05, 0.1) is 6.10 Å². The molecule has 3 saturated carbocycles. The molecule has 0 spiro atoms. The maximum atomic E-state index is 12.8. The first-order valence-electron chi connectivity index (χ1n) is 10.5. The van der Waals surface area contributed by atoms with Crippen LogP contribution >= 0.6 is 0 Å². The molecule has 4 aliphatic carbocycles. The summed E-state index contributed by atoms with van der Waals surface area (Å²) in [4.78, 5) is 24.6. The van der Waals surface area contributed by atoms with Gasteiger partial charge >= 0.3 is 5.97 Å². The van der Waals surface area contributed by atoms with Crippen LogP contribution < -0.4 is 0 Å². The SMILES string of the molecule is CC(C)OC(=O)[C@@]1(O)CCC2C3CCC4=CC(=O)C=CC4(C)C3CCC21C. The predicted octanol–water partition coefficient (Wildman–Crippen LogP) is 3.98. The lowest BCUT2D eigenvalue weighted by Gasteiger charge is -2.57. The van der Waals surface area contributed by atoms with E-state index < -0.39 is 17.0 Å². The van der Waals surface area contributed by atoms with Crippen LogP contribution in [0.1, 0.15) is 66.2 Å². The van der Waals surface area contributed by atoms with E-state index in [2.05, 4.69) is 19.9 Å². The van der Waals surface area contributed by atoms with E-state index >= 15 is 0 Å². The first-order chi connectivity index (χ1) is 12.6. The van der Waals surface area contributed by atoms with E-state index in [1.54, 1.807) is 6.08 Å². The minimum absolute atomic E-state index is 0.0582. The van der Waals surface area contributed by atoms with Gasteiger partial charge in [0.2, 0.25) is 0 Å². The zero-order valence-corrected chi connectivity index (χ0v) is 17.0. The summed E-state index contributed by atoms with van der Waals surface area (Å²) in [5, 5.41) is 11.4. The standard InChI is InChI=1S/C23H32O4/c1-14(2)27-20(25)23(26)12-9-19-17-6-5-15-13-16(24)7-10-21(15,3)18(17)8-11-22(19,23)4/h7,10,13-14,17-19,26H,5-6,8-9,11-12H2,1-4H3/t17?,18?,19?,21?,22?,23-/m0/s1. The molecule has 3 fully saturated rings. The Bertz CT molecular complexity index is 735. The number of allylic oxidation sites excluding steroid dienone is 4. The minimum Gasteiger partial charge on any atom is -0.461 e. The number of rotatable bonds is 2. The lowest BCUT2D eigenvalue weighted by atomic mass is 9.47. The van der Waals surface area contributed by atoms with E-state index in [1.807, 2.05) is 19.9 Å². The Morgan fingerprint density at radius 1 is 1.19 bits per heavy atom. The van der Waals surface area contributed by atoms with Crippen molar-refractivity contribution in [2.45, 2.75) is 77.9 Å². The van der Waals surface area contributed by atoms with Crippen molar-refractivity contribution in [3.05, 3.63) is 23.8 Å². The van der Waals surface area contributed by atoms with Crippen molar-refractivity contribution < 1.29 is 19.4 Å². The minimum atomic E-state index is -1.37. The largest absolute Gasteiger partial charge is 0.461 e. The van der Waals surface area contributed by atoms with Crippen molar-refractivity contribution in [3.8, 4) is 0 Å². The number of carbonyl (C=O) groups is 2. The maximum absolute atomic E-state index is 12.8. The number of ketones is 1. The molecule has 0 aromatic carbocycles. The molecule has 0 aliphatic heterocycles. The van der Waals surface area contributed by atoms with Crippen LogP contribution in [0.4, 0.5) is 0 Å². The highest BCUT2D eigenvalue weighted by molar-refractivity contribution is 6.01. The molecule has 4 nitrogen and oxygen atoms in total. The highest BCUT2D eigenvalue weighted by Gasteiger charge is 2.67. The van der Waals surface area contributed by atoms with E-state index in [9.17, 15) is 14.7 Å². The Morgan fingerprint density at radius 2 is 1.89 bits per heavy atom. The highest BCUT2D eigenvalue weighted by atomic mass is 16.6. The van der Waals surface area contributed by atoms with E-state index in [0.29, 0.717) is 24.2 Å². The second kappa shape index (κ2) is 6.04. The van der Waals surface area contributed by atoms with Gasteiger partial charge in [-0.3, -0.25) is 4.79 Å². The molecule has 0 aromatic rings. The predicted molar refractivity (Wildman–Crippen MR) is 103 cm³/mol. The Morgan fingerprint density at radius 3 is 2.59 bits per heavy atom. The first kappa shape index (κ1) is 18.9. The maximum Gasteiger partial charge on any atom is 0.338 e. The van der Waals surface area contributed by atoms with Gasteiger partial charge in [0, 0.05) is 10.8 Å². The fourth-order valence-electron chi connectivity index (χ4n) is 6.86. The van der Waals surface area contributed by atoms with Crippen LogP contribution in [-0.4, -0.2) is 28.6 Å². The third kappa shape index (κ3) is 2.52. The molecule has 1 N–H and O–H groups in total. The van der Waals surface area contributed by atoms with Crippen molar-refractivity contribution in [1.29, 1.82) is 0 Å². The summed E-state index contributed by atoms with van der Waals surface area (Å²) in [5.41, 5.74) is -0.585. The molecule has 4 aliphatic rings. The molecule has 5 unspecified atom stereocenters. The van der Waals surface area contributed by atoms with Crippen molar-refractivity contribution >= 4 is 11.8 Å². The highest BCUT2D eigenvalue weighted by Crippen LogP contribution is 2.67. The number of hydrogen-bond acceptors (Lipinski definition) is 4. The Hall–Kier alpha value is -1.42. The normalized spacial score (nSPS) is 45.8. The van der Waals surface area contributed by atoms with Gasteiger partial charge in [-0.2, -0.15) is 0 Å². The van der Waals surface area contributed by atoms with E-state index in [0.717, 1.165) is 32.1 Å². The van der Waals surface area contributed by atoms with Crippen LogP contribution in [0.25, 0.3) is 0 Å². The van der Waals surface area contributed by atoms with E-state index in [-0.39, 0.29) is 17.3 Å². The summed E-state index contributed by atoms with van der Waals surface area (Å²) < 4.78 is 5.46. The first-order valence-corrected chi connectivity index (χ1v) is 10.5. The lowest BCUT2D eigenvalue weighted by Crippen LogP contribution is -2.57. The average molecular weight is 373 g/mol. The molecular weight excluding hydrogens is 340 g/mol. The number of fused-ring (bicyclic) bond motifs is 5. The number of ether oxygens (including phenoxy) is 1. The van der Waals surface area contributed by atoms with Crippen LogP contribution in [0.2, 0.25) is 0 Å². The van der Waals surface area contributed by atoms with Gasteiger partial charge in [-0.25, -0.2) is 4.79 Å². The second-order valence-electron chi connectivity index (χ2n) is 9.91.